The summed E-state index contributed by atoms with van der Waals surface area (Å²) in [7, 11) is 0. The normalized spacial score (nSPS) is 12.4. The fourth-order valence-electron chi connectivity index (χ4n) is 2.47. The van der Waals surface area contributed by atoms with Crippen LogP contribution in [-0.2, 0) is 0 Å². The Morgan fingerprint density at radius 3 is 2.91 bits per heavy atom. The molecule has 1 unspecified atom stereocenters. The second kappa shape index (κ2) is 5.53. The molecule has 2 N–H and O–H groups in total. The first-order chi connectivity index (χ1) is 11.3. The van der Waals surface area contributed by atoms with Crippen molar-refractivity contribution in [2.75, 3.05) is 5.32 Å². The van der Waals surface area contributed by atoms with E-state index in [0.717, 1.165) is 22.5 Å². The van der Waals surface area contributed by atoms with Crippen LogP contribution in [0.25, 0.3) is 16.9 Å². The molecule has 114 valence electrons. The maximum absolute atomic E-state index is 4.58. The fourth-order valence-corrected chi connectivity index (χ4v) is 2.47. The molecule has 0 saturated heterocycles. The second-order valence-corrected chi connectivity index (χ2v) is 5.20. The number of para-hydroxylation sites is 2. The van der Waals surface area contributed by atoms with Crippen molar-refractivity contribution >= 4 is 17.0 Å². The van der Waals surface area contributed by atoms with E-state index < -0.39 is 0 Å². The number of rotatable bonds is 4. The van der Waals surface area contributed by atoms with E-state index in [-0.39, 0.29) is 6.04 Å². The van der Waals surface area contributed by atoms with Crippen molar-refractivity contribution in [1.82, 2.24) is 29.5 Å². The molecule has 3 aromatic heterocycles. The van der Waals surface area contributed by atoms with Crippen LogP contribution in [0.15, 0.2) is 55.4 Å². The Hall–Kier alpha value is -3.22. The molecular weight excluding hydrogens is 290 g/mol. The number of nitrogens with one attached hydrogen (secondary N) is 2. The highest BCUT2D eigenvalue weighted by Gasteiger charge is 2.10. The molecule has 4 rings (SSSR count). The molecule has 1 aromatic carbocycles. The zero-order valence-electron chi connectivity index (χ0n) is 12.5. The molecule has 0 fully saturated rings. The van der Waals surface area contributed by atoms with E-state index in [1.165, 1.54) is 0 Å². The molecule has 0 aliphatic rings. The van der Waals surface area contributed by atoms with Crippen LogP contribution >= 0.6 is 0 Å². The van der Waals surface area contributed by atoms with Gasteiger partial charge in [-0.3, -0.25) is 4.57 Å². The molecule has 0 amide bonds. The SMILES string of the molecule is CC(Nc1nccc(-n2cnc3ccccc32)n1)c1c[nH]cn1. The van der Waals surface area contributed by atoms with Gasteiger partial charge < -0.3 is 10.3 Å². The quantitative estimate of drug-likeness (QED) is 0.605. The molecule has 0 spiro atoms. The molecule has 1 atom stereocenters. The predicted molar refractivity (Wildman–Crippen MR) is 87.3 cm³/mol. The van der Waals surface area contributed by atoms with Gasteiger partial charge in [-0.05, 0) is 25.1 Å². The molecule has 0 radical (unpaired) electrons. The van der Waals surface area contributed by atoms with Gasteiger partial charge in [-0.15, -0.1) is 0 Å². The number of nitrogens with zero attached hydrogens (tertiary/aromatic N) is 5. The van der Waals surface area contributed by atoms with Crippen LogP contribution in [0.5, 0.6) is 0 Å². The maximum Gasteiger partial charge on any atom is 0.225 e. The molecular formula is C16H15N7. The van der Waals surface area contributed by atoms with Crippen molar-refractivity contribution in [2.24, 2.45) is 0 Å². The van der Waals surface area contributed by atoms with Gasteiger partial charge >= 0.3 is 0 Å². The van der Waals surface area contributed by atoms with Crippen LogP contribution < -0.4 is 5.32 Å². The monoisotopic (exact) mass is 305 g/mol. The molecule has 3 heterocycles. The van der Waals surface area contributed by atoms with Crippen molar-refractivity contribution in [3.63, 3.8) is 0 Å². The summed E-state index contributed by atoms with van der Waals surface area (Å²) in [4.78, 5) is 20.4. The number of benzene rings is 1. The highest BCUT2D eigenvalue weighted by Crippen LogP contribution is 2.18. The number of aromatic amines is 1. The smallest absolute Gasteiger partial charge is 0.225 e. The summed E-state index contributed by atoms with van der Waals surface area (Å²) >= 11 is 0. The van der Waals surface area contributed by atoms with E-state index in [1.807, 2.05) is 48.0 Å². The summed E-state index contributed by atoms with van der Waals surface area (Å²) in [6, 6.07) is 9.82. The zero-order valence-corrected chi connectivity index (χ0v) is 12.5. The molecule has 0 saturated carbocycles. The number of imidazole rings is 2. The fraction of sp³-hybridized carbons (Fsp3) is 0.125. The largest absolute Gasteiger partial charge is 0.351 e. The van der Waals surface area contributed by atoms with Crippen LogP contribution in [0.4, 0.5) is 5.95 Å². The van der Waals surface area contributed by atoms with Crippen LogP contribution in [-0.4, -0.2) is 29.5 Å². The predicted octanol–water partition coefficient (Wildman–Crippen LogP) is 2.71. The second-order valence-electron chi connectivity index (χ2n) is 5.20. The van der Waals surface area contributed by atoms with Gasteiger partial charge in [-0.2, -0.15) is 4.98 Å². The lowest BCUT2D eigenvalue weighted by atomic mass is 10.2. The van der Waals surface area contributed by atoms with Gasteiger partial charge in [0.05, 0.1) is 29.1 Å². The Morgan fingerprint density at radius 2 is 2.04 bits per heavy atom. The Balaban J connectivity index is 1.66. The number of fused-ring (bicyclic) bond motifs is 1. The van der Waals surface area contributed by atoms with E-state index in [1.54, 1.807) is 18.9 Å². The molecule has 7 heteroatoms. The number of hydrogen-bond donors (Lipinski definition) is 2. The van der Waals surface area contributed by atoms with Crippen molar-refractivity contribution < 1.29 is 0 Å². The number of hydrogen-bond acceptors (Lipinski definition) is 5. The minimum absolute atomic E-state index is 0.0102. The molecule has 23 heavy (non-hydrogen) atoms. The van der Waals surface area contributed by atoms with Gasteiger partial charge in [0.15, 0.2) is 0 Å². The van der Waals surface area contributed by atoms with E-state index in [0.29, 0.717) is 5.95 Å². The topological polar surface area (TPSA) is 84.3 Å². The lowest BCUT2D eigenvalue weighted by Crippen LogP contribution is -2.10. The number of aromatic nitrogens is 6. The van der Waals surface area contributed by atoms with Crippen LogP contribution in [0.1, 0.15) is 18.7 Å². The van der Waals surface area contributed by atoms with Crippen molar-refractivity contribution in [1.29, 1.82) is 0 Å². The summed E-state index contributed by atoms with van der Waals surface area (Å²) in [5, 5.41) is 3.26. The van der Waals surface area contributed by atoms with Crippen LogP contribution in [0.2, 0.25) is 0 Å². The number of H-pyrrole nitrogens is 1. The summed E-state index contributed by atoms with van der Waals surface area (Å²) in [5.74, 6) is 1.32. The van der Waals surface area contributed by atoms with Gasteiger partial charge in [0, 0.05) is 12.4 Å². The average molecular weight is 305 g/mol. The minimum Gasteiger partial charge on any atom is -0.351 e. The highest BCUT2D eigenvalue weighted by molar-refractivity contribution is 5.76. The van der Waals surface area contributed by atoms with Crippen LogP contribution in [0, 0.1) is 0 Å². The maximum atomic E-state index is 4.58. The Labute approximate surface area is 132 Å². The van der Waals surface area contributed by atoms with E-state index in [2.05, 4.69) is 30.2 Å². The summed E-state index contributed by atoms with van der Waals surface area (Å²) in [5.41, 5.74) is 2.86. The van der Waals surface area contributed by atoms with Crippen molar-refractivity contribution in [3.05, 3.63) is 61.1 Å². The molecule has 0 aliphatic carbocycles. The Morgan fingerprint density at radius 1 is 1.13 bits per heavy atom. The molecule has 4 aromatic rings. The lowest BCUT2D eigenvalue weighted by Gasteiger charge is -2.12. The van der Waals surface area contributed by atoms with Gasteiger partial charge in [0.2, 0.25) is 5.95 Å². The third-order valence-corrected chi connectivity index (χ3v) is 3.65. The van der Waals surface area contributed by atoms with E-state index >= 15 is 0 Å². The van der Waals surface area contributed by atoms with Crippen LogP contribution in [0.3, 0.4) is 0 Å². The summed E-state index contributed by atoms with van der Waals surface area (Å²) < 4.78 is 1.95. The summed E-state index contributed by atoms with van der Waals surface area (Å²) in [6.07, 6.45) is 7.01. The van der Waals surface area contributed by atoms with Crippen molar-refractivity contribution in [2.45, 2.75) is 13.0 Å². The first kappa shape index (κ1) is 13.4. The van der Waals surface area contributed by atoms with Crippen molar-refractivity contribution in [3.8, 4) is 5.82 Å². The first-order valence-corrected chi connectivity index (χ1v) is 7.32. The molecule has 0 aliphatic heterocycles. The Bertz CT molecular complexity index is 926. The third-order valence-electron chi connectivity index (χ3n) is 3.65. The molecule has 7 nitrogen and oxygen atoms in total. The third kappa shape index (κ3) is 2.52. The van der Waals surface area contributed by atoms with Gasteiger partial charge in [0.25, 0.3) is 0 Å². The number of anilines is 1. The highest BCUT2D eigenvalue weighted by atomic mass is 15.2. The first-order valence-electron chi connectivity index (χ1n) is 7.32. The molecule has 0 bridgehead atoms. The standard InChI is InChI=1S/C16H15N7/c1-11(13-8-17-9-19-13)21-16-18-7-6-15(22-16)23-10-20-12-4-2-3-5-14(12)23/h2-11H,1H3,(H,17,19)(H,18,21,22). The van der Waals surface area contributed by atoms with E-state index in [9.17, 15) is 0 Å². The van der Waals surface area contributed by atoms with Gasteiger partial charge in [0.1, 0.15) is 12.1 Å². The van der Waals surface area contributed by atoms with Gasteiger partial charge in [-0.1, -0.05) is 12.1 Å². The average Bonchev–Trinajstić information content (AvgIpc) is 3.25. The Kier molecular flexibility index (Phi) is 3.23. The lowest BCUT2D eigenvalue weighted by molar-refractivity contribution is 0.826. The van der Waals surface area contributed by atoms with E-state index in [4.69, 9.17) is 0 Å². The van der Waals surface area contributed by atoms with Gasteiger partial charge in [-0.25, -0.2) is 15.0 Å². The minimum atomic E-state index is 0.0102. The summed E-state index contributed by atoms with van der Waals surface area (Å²) in [6.45, 7) is 2.01. The zero-order chi connectivity index (χ0) is 15.6.